The molecule has 1 aromatic carbocycles. The smallest absolute Gasteiger partial charge is 0.308 e. The Hall–Kier alpha value is -2.15. The van der Waals surface area contributed by atoms with Crippen molar-refractivity contribution in [3.8, 4) is 5.75 Å². The van der Waals surface area contributed by atoms with E-state index in [0.29, 0.717) is 10.9 Å². The van der Waals surface area contributed by atoms with Gasteiger partial charge in [0.25, 0.3) is 5.91 Å². The topological polar surface area (TPSA) is 81.4 Å². The average molecular weight is 381 g/mol. The molecule has 6 nitrogen and oxygen atoms in total. The Balaban J connectivity index is 2.28. The summed E-state index contributed by atoms with van der Waals surface area (Å²) in [5, 5.41) is 2.60. The zero-order chi connectivity index (χ0) is 17.0. The Morgan fingerprint density at radius 2 is 2.04 bits per heavy atom. The fraction of sp³-hybridized carbons (Fsp3) is 0.312. The summed E-state index contributed by atoms with van der Waals surface area (Å²) in [5.74, 6) is -0.0402. The van der Waals surface area contributed by atoms with Crippen LogP contribution in [0.25, 0.3) is 0 Å². The Kier molecular flexibility index (Phi) is 5.54. The van der Waals surface area contributed by atoms with Gasteiger partial charge in [-0.1, -0.05) is 29.8 Å². The first-order valence-electron chi connectivity index (χ1n) is 7.22. The molecule has 1 amide bonds. The molecule has 7 heteroatoms. The molecule has 23 heavy (non-hydrogen) atoms. The van der Waals surface area contributed by atoms with Crippen LogP contribution in [0.1, 0.15) is 42.6 Å². The second-order valence-corrected chi connectivity index (χ2v) is 5.70. The third-order valence-electron chi connectivity index (χ3n) is 3.09. The summed E-state index contributed by atoms with van der Waals surface area (Å²) < 4.78 is 11.3. The van der Waals surface area contributed by atoms with Gasteiger partial charge in [0, 0.05) is 17.8 Å². The number of hydrogen-bond donors (Lipinski definition) is 1. The molecule has 0 bridgehead atoms. The van der Waals surface area contributed by atoms with Crippen LogP contribution in [0, 0.1) is 0 Å². The minimum Gasteiger partial charge on any atom is -0.428 e. The summed E-state index contributed by atoms with van der Waals surface area (Å²) in [6.07, 6.45) is 1.42. The van der Waals surface area contributed by atoms with Crippen LogP contribution in [0.2, 0.25) is 0 Å². The molecule has 0 unspecified atom stereocenters. The van der Waals surface area contributed by atoms with Gasteiger partial charge in [0.2, 0.25) is 0 Å². The van der Waals surface area contributed by atoms with Crippen molar-refractivity contribution in [2.75, 3.05) is 5.32 Å². The van der Waals surface area contributed by atoms with Crippen molar-refractivity contribution in [1.82, 2.24) is 4.98 Å². The highest BCUT2D eigenvalue weighted by Crippen LogP contribution is 2.25. The van der Waals surface area contributed by atoms with Gasteiger partial charge in [-0.2, -0.15) is 4.98 Å². The molecule has 2 rings (SSSR count). The van der Waals surface area contributed by atoms with Crippen molar-refractivity contribution in [1.29, 1.82) is 0 Å². The van der Waals surface area contributed by atoms with Crippen LogP contribution in [0.4, 0.5) is 6.01 Å². The summed E-state index contributed by atoms with van der Waals surface area (Å²) in [6.45, 7) is 5.20. The zero-order valence-corrected chi connectivity index (χ0v) is 14.7. The number of aromatic nitrogens is 1. The van der Waals surface area contributed by atoms with Crippen molar-refractivity contribution in [3.63, 3.8) is 0 Å². The highest BCUT2D eigenvalue weighted by molar-refractivity contribution is 9.10. The van der Waals surface area contributed by atoms with Gasteiger partial charge in [-0.3, -0.25) is 14.9 Å². The largest absolute Gasteiger partial charge is 0.428 e. The number of esters is 1. The number of oxazole rings is 1. The fourth-order valence-electron chi connectivity index (χ4n) is 2.08. The molecule has 1 aromatic heterocycles. The van der Waals surface area contributed by atoms with Gasteiger partial charge in [-0.15, -0.1) is 0 Å². The van der Waals surface area contributed by atoms with Crippen molar-refractivity contribution in [3.05, 3.63) is 39.7 Å². The number of ether oxygens (including phenoxy) is 1. The maximum atomic E-state index is 12.4. The number of hydrogen-bond acceptors (Lipinski definition) is 5. The molecule has 0 fully saturated rings. The summed E-state index contributed by atoms with van der Waals surface area (Å²) in [6, 6.07) is 4.94. The molecule has 0 aliphatic rings. The van der Waals surface area contributed by atoms with E-state index in [1.54, 1.807) is 18.2 Å². The van der Waals surface area contributed by atoms with Crippen molar-refractivity contribution in [2.24, 2.45) is 0 Å². The first kappa shape index (κ1) is 17.2. The number of amides is 1. The van der Waals surface area contributed by atoms with Crippen LogP contribution >= 0.6 is 15.9 Å². The number of rotatable bonds is 5. The van der Waals surface area contributed by atoms with Crippen molar-refractivity contribution >= 4 is 33.8 Å². The van der Waals surface area contributed by atoms with Gasteiger partial charge >= 0.3 is 12.0 Å². The lowest BCUT2D eigenvalue weighted by Crippen LogP contribution is -2.15. The number of aryl methyl sites for hydroxylation is 2. The van der Waals surface area contributed by atoms with Crippen molar-refractivity contribution in [2.45, 2.75) is 33.6 Å². The predicted molar refractivity (Wildman–Crippen MR) is 88.7 cm³/mol. The zero-order valence-electron chi connectivity index (χ0n) is 13.1. The highest BCUT2D eigenvalue weighted by Gasteiger charge is 2.18. The third kappa shape index (κ3) is 4.19. The Morgan fingerprint density at radius 3 is 2.61 bits per heavy atom. The van der Waals surface area contributed by atoms with Crippen LogP contribution in [0.5, 0.6) is 5.75 Å². The van der Waals surface area contributed by atoms with E-state index >= 15 is 0 Å². The van der Waals surface area contributed by atoms with E-state index in [9.17, 15) is 9.59 Å². The number of halogens is 1. The van der Waals surface area contributed by atoms with Crippen LogP contribution < -0.4 is 10.1 Å². The molecule has 1 N–H and O–H groups in total. The van der Waals surface area contributed by atoms with E-state index in [1.807, 2.05) is 13.8 Å². The second kappa shape index (κ2) is 7.41. The molecular formula is C16H17BrN2O4. The van der Waals surface area contributed by atoms with Gasteiger partial charge in [0.05, 0.1) is 11.3 Å². The Morgan fingerprint density at radius 1 is 1.30 bits per heavy atom. The van der Waals surface area contributed by atoms with Crippen LogP contribution in [-0.2, 0) is 17.6 Å². The number of anilines is 1. The van der Waals surface area contributed by atoms with Crippen LogP contribution in [0.15, 0.2) is 27.1 Å². The molecule has 0 aliphatic heterocycles. The average Bonchev–Trinajstić information content (AvgIpc) is 2.90. The van der Waals surface area contributed by atoms with E-state index in [2.05, 4.69) is 26.2 Å². The molecule has 0 atom stereocenters. The maximum absolute atomic E-state index is 12.4. The Bertz CT molecular complexity index is 718. The predicted octanol–water partition coefficient (Wildman–Crippen LogP) is 3.74. The molecule has 0 radical (unpaired) electrons. The highest BCUT2D eigenvalue weighted by atomic mass is 79.9. The molecule has 0 spiro atoms. The van der Waals surface area contributed by atoms with Gasteiger partial charge < -0.3 is 9.15 Å². The molecule has 0 saturated carbocycles. The monoisotopic (exact) mass is 380 g/mol. The molecular weight excluding hydrogens is 364 g/mol. The minimum absolute atomic E-state index is 0.137. The van der Waals surface area contributed by atoms with E-state index < -0.39 is 11.9 Å². The SMILES string of the molecule is CCc1nc(NC(=O)c2cc(Br)ccc2OC(C)=O)oc1CC. The number of nitrogens with one attached hydrogen (secondary N) is 1. The second-order valence-electron chi connectivity index (χ2n) is 4.78. The molecule has 0 aliphatic carbocycles. The van der Waals surface area contributed by atoms with Crippen LogP contribution in [-0.4, -0.2) is 16.9 Å². The van der Waals surface area contributed by atoms with Crippen molar-refractivity contribution < 1.29 is 18.7 Å². The van der Waals surface area contributed by atoms with E-state index in [-0.39, 0.29) is 17.3 Å². The first-order valence-corrected chi connectivity index (χ1v) is 8.01. The van der Waals surface area contributed by atoms with Gasteiger partial charge in [-0.05, 0) is 24.6 Å². The lowest BCUT2D eigenvalue weighted by atomic mass is 10.2. The summed E-state index contributed by atoms with van der Waals surface area (Å²) in [5.41, 5.74) is 1.03. The van der Waals surface area contributed by atoms with E-state index in [1.165, 1.54) is 6.92 Å². The normalized spacial score (nSPS) is 10.4. The van der Waals surface area contributed by atoms with E-state index in [0.717, 1.165) is 17.9 Å². The standard InChI is InChI=1S/C16H17BrN2O4/c1-4-12-13(5-2)23-16(18-12)19-15(21)11-8-10(17)6-7-14(11)22-9(3)20/h6-8H,4-5H2,1-3H3,(H,18,19,21). The third-order valence-corrected chi connectivity index (χ3v) is 3.59. The molecule has 2 aromatic rings. The molecule has 1 heterocycles. The minimum atomic E-state index is -0.501. The quantitative estimate of drug-likeness (QED) is 0.630. The summed E-state index contributed by atoms with van der Waals surface area (Å²) in [7, 11) is 0. The fourth-order valence-corrected chi connectivity index (χ4v) is 2.44. The van der Waals surface area contributed by atoms with Gasteiger partial charge in [-0.25, -0.2) is 0 Å². The number of nitrogens with zero attached hydrogens (tertiary/aromatic N) is 1. The number of benzene rings is 1. The summed E-state index contributed by atoms with van der Waals surface area (Å²) in [4.78, 5) is 27.9. The van der Waals surface area contributed by atoms with Crippen LogP contribution in [0.3, 0.4) is 0 Å². The lowest BCUT2D eigenvalue weighted by molar-refractivity contribution is -0.131. The lowest BCUT2D eigenvalue weighted by Gasteiger charge is -2.08. The molecule has 0 saturated heterocycles. The number of carbonyl (C=O) groups excluding carboxylic acids is 2. The first-order chi connectivity index (χ1) is 10.9. The van der Waals surface area contributed by atoms with Gasteiger partial charge in [0.1, 0.15) is 11.5 Å². The summed E-state index contributed by atoms with van der Waals surface area (Å²) >= 11 is 3.29. The number of carbonyl (C=O) groups is 2. The Labute approximate surface area is 142 Å². The van der Waals surface area contributed by atoms with Gasteiger partial charge in [0.15, 0.2) is 0 Å². The maximum Gasteiger partial charge on any atom is 0.308 e. The molecule has 122 valence electrons. The van der Waals surface area contributed by atoms with E-state index in [4.69, 9.17) is 9.15 Å².